The fraction of sp³-hybridized carbons (Fsp3) is 0.840. The Hall–Kier alpha value is -1.32. The van der Waals surface area contributed by atoms with Crippen LogP contribution in [0, 0.1) is 40.9 Å². The second-order valence-corrected chi connectivity index (χ2v) is 11.9. The van der Waals surface area contributed by atoms with Crippen molar-refractivity contribution in [2.24, 2.45) is 40.9 Å². The molecule has 0 amide bonds. The van der Waals surface area contributed by atoms with E-state index in [1.54, 1.807) is 13.8 Å². The summed E-state index contributed by atoms with van der Waals surface area (Å²) < 4.78 is 11.9. The zero-order valence-corrected chi connectivity index (χ0v) is 18.4. The predicted octanol–water partition coefficient (Wildman–Crippen LogP) is 5.06. The zero-order valence-electron chi connectivity index (χ0n) is 18.4. The lowest BCUT2D eigenvalue weighted by atomic mass is 9.46. The summed E-state index contributed by atoms with van der Waals surface area (Å²) in [6.07, 6.45) is 13.9. The lowest BCUT2D eigenvalue weighted by Crippen LogP contribution is -2.58. The minimum atomic E-state index is -1.25. The Morgan fingerprint density at radius 2 is 1.41 bits per heavy atom. The van der Waals surface area contributed by atoms with Crippen LogP contribution in [0.4, 0.5) is 0 Å². The van der Waals surface area contributed by atoms with E-state index >= 15 is 0 Å². The van der Waals surface area contributed by atoms with Crippen molar-refractivity contribution in [1.29, 1.82) is 0 Å². The number of allylic oxidation sites excluding steroid dienone is 2. The molecule has 3 atom stereocenters. The van der Waals surface area contributed by atoms with Crippen molar-refractivity contribution in [3.05, 3.63) is 12.2 Å². The number of hydrogen-bond donors (Lipinski definition) is 0. The molecule has 0 N–H and O–H groups in total. The van der Waals surface area contributed by atoms with E-state index in [9.17, 15) is 9.59 Å². The summed E-state index contributed by atoms with van der Waals surface area (Å²) in [5.41, 5.74) is -1.69. The summed E-state index contributed by atoms with van der Waals surface area (Å²) in [7, 11) is 0. The van der Waals surface area contributed by atoms with Crippen molar-refractivity contribution in [2.75, 3.05) is 0 Å². The third-order valence-electron chi connectivity index (χ3n) is 9.09. The fourth-order valence-electron chi connectivity index (χ4n) is 7.73. The van der Waals surface area contributed by atoms with Crippen LogP contribution >= 0.6 is 0 Å². The summed E-state index contributed by atoms with van der Waals surface area (Å²) >= 11 is 0. The molecule has 6 rings (SSSR count). The van der Waals surface area contributed by atoms with Crippen molar-refractivity contribution in [2.45, 2.75) is 90.3 Å². The lowest BCUT2D eigenvalue weighted by Gasteiger charge is -2.61. The molecule has 6 bridgehead atoms. The molecule has 0 aromatic heterocycles. The second-order valence-electron chi connectivity index (χ2n) is 11.9. The Labute approximate surface area is 174 Å². The van der Waals surface area contributed by atoms with Crippen LogP contribution in [0.15, 0.2) is 12.2 Å². The van der Waals surface area contributed by atoms with E-state index in [4.69, 9.17) is 9.47 Å². The van der Waals surface area contributed by atoms with Crippen LogP contribution in [0.5, 0.6) is 0 Å². The van der Waals surface area contributed by atoms with E-state index in [1.165, 1.54) is 38.5 Å². The summed E-state index contributed by atoms with van der Waals surface area (Å²) in [6.45, 7) is 7.56. The van der Waals surface area contributed by atoms with Crippen molar-refractivity contribution in [3.63, 3.8) is 0 Å². The van der Waals surface area contributed by atoms with Crippen molar-refractivity contribution in [1.82, 2.24) is 0 Å². The van der Waals surface area contributed by atoms with E-state index in [-0.39, 0.29) is 23.2 Å². The van der Waals surface area contributed by atoms with Gasteiger partial charge in [0.1, 0.15) is 5.60 Å². The first-order chi connectivity index (χ1) is 13.6. The first-order valence-corrected chi connectivity index (χ1v) is 11.7. The smallest absolute Gasteiger partial charge is 0.350 e. The lowest BCUT2D eigenvalue weighted by molar-refractivity contribution is -0.216. The standard InChI is InChI=1S/C25H36O4/c1-23(2,28-21(26)20-11-15-5-6-19(20)10-15)22(27)29-24(3,4)25-12-16-7-17(13-25)9-18(8-16)14-25/h5-6,15-20H,7-14H2,1-4H3. The number of ether oxygens (including phenoxy) is 2. The van der Waals surface area contributed by atoms with E-state index in [0.29, 0.717) is 5.92 Å². The van der Waals surface area contributed by atoms with Gasteiger partial charge in [0.05, 0.1) is 5.92 Å². The van der Waals surface area contributed by atoms with Gasteiger partial charge >= 0.3 is 11.9 Å². The Bertz CT molecular complexity index is 711. The molecule has 4 heteroatoms. The Balaban J connectivity index is 1.26. The van der Waals surface area contributed by atoms with Crippen LogP contribution < -0.4 is 0 Å². The quantitative estimate of drug-likeness (QED) is 0.478. The highest BCUT2D eigenvalue weighted by Gasteiger charge is 2.59. The third-order valence-corrected chi connectivity index (χ3v) is 9.09. The molecule has 0 aromatic carbocycles. The van der Waals surface area contributed by atoms with Crippen LogP contribution in [0.25, 0.3) is 0 Å². The zero-order chi connectivity index (χ0) is 20.6. The van der Waals surface area contributed by atoms with Gasteiger partial charge in [0, 0.05) is 5.41 Å². The second kappa shape index (κ2) is 6.34. The van der Waals surface area contributed by atoms with Crippen LogP contribution in [0.3, 0.4) is 0 Å². The number of hydrogen-bond acceptors (Lipinski definition) is 4. The number of esters is 2. The first kappa shape index (κ1) is 19.6. The predicted molar refractivity (Wildman–Crippen MR) is 110 cm³/mol. The average molecular weight is 401 g/mol. The summed E-state index contributed by atoms with van der Waals surface area (Å²) in [6, 6.07) is 0. The van der Waals surface area contributed by atoms with Crippen LogP contribution in [-0.4, -0.2) is 23.1 Å². The normalized spacial score (nSPS) is 42.3. The van der Waals surface area contributed by atoms with E-state index in [0.717, 1.165) is 30.6 Å². The Morgan fingerprint density at radius 3 is 1.90 bits per heavy atom. The van der Waals surface area contributed by atoms with Crippen molar-refractivity contribution in [3.8, 4) is 0 Å². The molecule has 0 aromatic rings. The Kier molecular flexibility index (Phi) is 4.29. The molecule has 0 spiro atoms. The van der Waals surface area contributed by atoms with Gasteiger partial charge in [-0.3, -0.25) is 4.79 Å². The van der Waals surface area contributed by atoms with Gasteiger partial charge in [-0.2, -0.15) is 0 Å². The molecule has 5 fully saturated rings. The molecule has 0 saturated heterocycles. The van der Waals surface area contributed by atoms with Gasteiger partial charge in [0.25, 0.3) is 0 Å². The van der Waals surface area contributed by atoms with Gasteiger partial charge in [0.2, 0.25) is 5.60 Å². The van der Waals surface area contributed by atoms with Crippen molar-refractivity contribution < 1.29 is 19.1 Å². The largest absolute Gasteiger partial charge is 0.456 e. The molecular formula is C25H36O4. The summed E-state index contributed by atoms with van der Waals surface area (Å²) in [5.74, 6) is 2.45. The molecule has 0 aliphatic heterocycles. The van der Waals surface area contributed by atoms with Crippen LogP contribution in [-0.2, 0) is 19.1 Å². The average Bonchev–Trinajstić information content (AvgIpc) is 3.23. The van der Waals surface area contributed by atoms with Gasteiger partial charge in [-0.25, -0.2) is 4.79 Å². The number of carbonyl (C=O) groups excluding carboxylic acids is 2. The topological polar surface area (TPSA) is 52.6 Å². The SMILES string of the molecule is CC(C)(OC(=O)C1CC2C=CC1C2)C(=O)OC(C)(C)C12CC3CC(CC(C3)C1)C2. The molecular weight excluding hydrogens is 364 g/mol. The van der Waals surface area contributed by atoms with Gasteiger partial charge in [0.15, 0.2) is 0 Å². The summed E-state index contributed by atoms with van der Waals surface area (Å²) in [5, 5.41) is 0. The molecule has 0 heterocycles. The Morgan fingerprint density at radius 1 is 0.828 bits per heavy atom. The molecule has 6 aliphatic carbocycles. The molecule has 5 saturated carbocycles. The van der Waals surface area contributed by atoms with Crippen molar-refractivity contribution >= 4 is 11.9 Å². The van der Waals surface area contributed by atoms with E-state index < -0.39 is 17.2 Å². The maximum atomic E-state index is 13.2. The third kappa shape index (κ3) is 3.16. The van der Waals surface area contributed by atoms with Crippen LogP contribution in [0.1, 0.15) is 79.1 Å². The number of carbonyl (C=O) groups is 2. The van der Waals surface area contributed by atoms with E-state index in [1.807, 2.05) is 0 Å². The highest BCUT2D eigenvalue weighted by Crippen LogP contribution is 2.64. The molecule has 29 heavy (non-hydrogen) atoms. The number of fused-ring (bicyclic) bond motifs is 2. The van der Waals surface area contributed by atoms with Gasteiger partial charge in [-0.1, -0.05) is 12.2 Å². The van der Waals surface area contributed by atoms with Gasteiger partial charge < -0.3 is 9.47 Å². The maximum Gasteiger partial charge on any atom is 0.350 e. The fourth-order valence-corrected chi connectivity index (χ4v) is 7.73. The molecule has 6 aliphatic rings. The maximum absolute atomic E-state index is 13.2. The minimum Gasteiger partial charge on any atom is -0.456 e. The highest BCUT2D eigenvalue weighted by molar-refractivity contribution is 5.84. The number of rotatable bonds is 5. The van der Waals surface area contributed by atoms with Gasteiger partial charge in [-0.05, 0) is 109 Å². The molecule has 0 radical (unpaired) electrons. The van der Waals surface area contributed by atoms with Crippen LogP contribution in [0.2, 0.25) is 0 Å². The van der Waals surface area contributed by atoms with Gasteiger partial charge in [-0.15, -0.1) is 0 Å². The first-order valence-electron chi connectivity index (χ1n) is 11.7. The molecule has 4 nitrogen and oxygen atoms in total. The minimum absolute atomic E-state index is 0.0902. The summed E-state index contributed by atoms with van der Waals surface area (Å²) in [4.78, 5) is 25.9. The van der Waals surface area contributed by atoms with E-state index in [2.05, 4.69) is 26.0 Å². The highest BCUT2D eigenvalue weighted by atomic mass is 16.6. The molecule has 160 valence electrons. The monoisotopic (exact) mass is 400 g/mol. The molecule has 3 unspecified atom stereocenters.